The van der Waals surface area contributed by atoms with Crippen LogP contribution in [0.1, 0.15) is 5.56 Å². The fourth-order valence-electron chi connectivity index (χ4n) is 1.27. The third kappa shape index (κ3) is 4.91. The number of ether oxygens (including phenoxy) is 2. The summed E-state index contributed by atoms with van der Waals surface area (Å²) in [5, 5.41) is 12.4. The molecular weight excluding hydrogens is 365 g/mol. The van der Waals surface area contributed by atoms with Crippen LogP contribution in [0.2, 0.25) is 0 Å². The lowest BCUT2D eigenvalue weighted by atomic mass is 10.2. The van der Waals surface area contributed by atoms with E-state index in [0.717, 1.165) is 3.57 Å². The van der Waals surface area contributed by atoms with Crippen molar-refractivity contribution in [3.63, 3.8) is 0 Å². The maximum absolute atomic E-state index is 10.5. The number of urea groups is 1. The first kappa shape index (κ1) is 15.5. The minimum Gasteiger partial charge on any atom is -0.493 e. The molecule has 4 N–H and O–H groups in total. The zero-order valence-corrected chi connectivity index (χ0v) is 12.4. The maximum Gasteiger partial charge on any atom is 0.332 e. The number of amides is 2. The Labute approximate surface area is 123 Å². The molecule has 0 spiro atoms. The molecule has 0 aliphatic heterocycles. The Morgan fingerprint density at radius 1 is 1.63 bits per heavy atom. The molecule has 0 atom stereocenters. The second kappa shape index (κ2) is 7.79. The highest BCUT2D eigenvalue weighted by Crippen LogP contribution is 2.33. The molecule has 0 aliphatic rings. The van der Waals surface area contributed by atoms with E-state index in [2.05, 4.69) is 33.1 Å². The number of methoxy groups -OCH3 is 1. The van der Waals surface area contributed by atoms with Gasteiger partial charge in [0.15, 0.2) is 11.5 Å². The Balaban J connectivity index is 2.95. The molecule has 8 heteroatoms. The number of nitrogens with zero attached hydrogens (tertiary/aromatic N) is 1. The SMILES string of the molecule is COc1cc(C=NNC(N)=O)cc(I)c1OCCO. The molecule has 19 heavy (non-hydrogen) atoms. The molecule has 0 fully saturated rings. The van der Waals surface area contributed by atoms with E-state index in [4.69, 9.17) is 20.3 Å². The smallest absolute Gasteiger partial charge is 0.332 e. The summed E-state index contributed by atoms with van der Waals surface area (Å²) in [6.45, 7) is 0.105. The standard InChI is InChI=1S/C11H14IN3O4/c1-18-9-5-7(6-14-15-11(13)17)4-8(12)10(9)19-3-2-16/h4-6,16H,2-3H2,1H3,(H3,13,15,17). The van der Waals surface area contributed by atoms with Crippen LogP contribution < -0.4 is 20.6 Å². The van der Waals surface area contributed by atoms with E-state index in [1.165, 1.54) is 13.3 Å². The lowest BCUT2D eigenvalue weighted by molar-refractivity contribution is 0.195. The number of hydrazone groups is 1. The number of nitrogens with two attached hydrogens (primary N) is 1. The van der Waals surface area contributed by atoms with Crippen LogP contribution in [0.25, 0.3) is 0 Å². The fraction of sp³-hybridized carbons (Fsp3) is 0.273. The monoisotopic (exact) mass is 379 g/mol. The number of aliphatic hydroxyl groups excluding tert-OH is 1. The summed E-state index contributed by atoms with van der Waals surface area (Å²) < 4.78 is 11.4. The van der Waals surface area contributed by atoms with Crippen LogP contribution in [-0.2, 0) is 0 Å². The van der Waals surface area contributed by atoms with E-state index >= 15 is 0 Å². The highest BCUT2D eigenvalue weighted by Gasteiger charge is 2.10. The molecule has 0 aliphatic carbocycles. The van der Waals surface area contributed by atoms with Gasteiger partial charge in [-0.3, -0.25) is 0 Å². The topological polar surface area (TPSA) is 106 Å². The molecule has 1 aromatic rings. The number of nitrogens with one attached hydrogen (secondary N) is 1. The summed E-state index contributed by atoms with van der Waals surface area (Å²) in [7, 11) is 1.51. The van der Waals surface area contributed by atoms with Gasteiger partial charge in [-0.1, -0.05) is 0 Å². The number of primary amides is 1. The fourth-order valence-corrected chi connectivity index (χ4v) is 2.05. The Kier molecular flexibility index (Phi) is 6.36. The first-order chi connectivity index (χ1) is 9.08. The van der Waals surface area contributed by atoms with Gasteiger partial charge in [0, 0.05) is 0 Å². The van der Waals surface area contributed by atoms with Crippen LogP contribution >= 0.6 is 22.6 Å². The number of carbonyl (C=O) groups is 1. The van der Waals surface area contributed by atoms with Crippen molar-refractivity contribution in [2.45, 2.75) is 0 Å². The molecule has 2 amide bonds. The van der Waals surface area contributed by atoms with Gasteiger partial charge in [-0.2, -0.15) is 5.10 Å². The summed E-state index contributed by atoms with van der Waals surface area (Å²) in [4.78, 5) is 10.5. The van der Waals surface area contributed by atoms with Crippen molar-refractivity contribution >= 4 is 34.8 Å². The van der Waals surface area contributed by atoms with Crippen molar-refractivity contribution in [1.82, 2.24) is 5.43 Å². The summed E-state index contributed by atoms with van der Waals surface area (Å²) in [6.07, 6.45) is 1.44. The largest absolute Gasteiger partial charge is 0.493 e. The van der Waals surface area contributed by atoms with Gasteiger partial charge in [-0.15, -0.1) is 0 Å². The summed E-state index contributed by atoms with van der Waals surface area (Å²) in [5.41, 5.74) is 7.70. The second-order valence-electron chi connectivity index (χ2n) is 3.34. The highest BCUT2D eigenvalue weighted by atomic mass is 127. The van der Waals surface area contributed by atoms with Gasteiger partial charge >= 0.3 is 6.03 Å². The third-order valence-corrected chi connectivity index (χ3v) is 2.78. The molecule has 0 bridgehead atoms. The van der Waals surface area contributed by atoms with Crippen molar-refractivity contribution in [2.24, 2.45) is 10.8 Å². The Hall–Kier alpha value is -1.55. The van der Waals surface area contributed by atoms with Gasteiger partial charge in [0.2, 0.25) is 0 Å². The zero-order chi connectivity index (χ0) is 14.3. The van der Waals surface area contributed by atoms with Crippen LogP contribution in [0.3, 0.4) is 0 Å². The number of rotatable bonds is 6. The van der Waals surface area contributed by atoms with E-state index < -0.39 is 6.03 Å². The molecule has 1 aromatic carbocycles. The number of hydrogen-bond donors (Lipinski definition) is 3. The van der Waals surface area contributed by atoms with Gasteiger partial charge < -0.3 is 20.3 Å². The zero-order valence-electron chi connectivity index (χ0n) is 10.2. The van der Waals surface area contributed by atoms with Gasteiger partial charge in [-0.05, 0) is 40.3 Å². The minimum absolute atomic E-state index is 0.0784. The quantitative estimate of drug-likeness (QED) is 0.384. The normalized spacial score (nSPS) is 10.5. The molecule has 104 valence electrons. The maximum atomic E-state index is 10.5. The average molecular weight is 379 g/mol. The van der Waals surface area contributed by atoms with Crippen molar-refractivity contribution in [2.75, 3.05) is 20.3 Å². The van der Waals surface area contributed by atoms with Gasteiger partial charge in [0.05, 0.1) is 23.5 Å². The molecule has 0 unspecified atom stereocenters. The number of halogens is 1. The molecule has 0 radical (unpaired) electrons. The predicted molar refractivity (Wildman–Crippen MR) is 78.6 cm³/mol. The lowest BCUT2D eigenvalue weighted by Crippen LogP contribution is -2.24. The van der Waals surface area contributed by atoms with Gasteiger partial charge in [0.1, 0.15) is 6.61 Å². The predicted octanol–water partition coefficient (Wildman–Crippen LogP) is 0.673. The van der Waals surface area contributed by atoms with Crippen LogP contribution in [0.4, 0.5) is 4.79 Å². The Bertz CT molecular complexity index is 479. The molecule has 7 nitrogen and oxygen atoms in total. The van der Waals surface area contributed by atoms with Gasteiger partial charge in [-0.25, -0.2) is 10.2 Å². The molecule has 0 aromatic heterocycles. The minimum atomic E-state index is -0.735. The van der Waals surface area contributed by atoms with E-state index in [0.29, 0.717) is 17.1 Å². The van der Waals surface area contributed by atoms with Crippen LogP contribution in [0.15, 0.2) is 17.2 Å². The van der Waals surface area contributed by atoms with E-state index in [1.54, 1.807) is 12.1 Å². The van der Waals surface area contributed by atoms with Crippen molar-refractivity contribution in [3.05, 3.63) is 21.3 Å². The average Bonchev–Trinajstić information content (AvgIpc) is 2.36. The Morgan fingerprint density at radius 2 is 2.37 bits per heavy atom. The lowest BCUT2D eigenvalue weighted by Gasteiger charge is -2.12. The van der Waals surface area contributed by atoms with Gasteiger partial charge in [0.25, 0.3) is 0 Å². The van der Waals surface area contributed by atoms with Crippen molar-refractivity contribution in [3.8, 4) is 11.5 Å². The first-order valence-corrected chi connectivity index (χ1v) is 6.36. The van der Waals surface area contributed by atoms with Crippen molar-refractivity contribution < 1.29 is 19.4 Å². The molecule has 0 saturated heterocycles. The second-order valence-corrected chi connectivity index (χ2v) is 4.50. The number of benzene rings is 1. The third-order valence-electron chi connectivity index (χ3n) is 1.98. The Morgan fingerprint density at radius 3 is 2.95 bits per heavy atom. The summed E-state index contributed by atoms with van der Waals surface area (Å²) in [5.74, 6) is 1.07. The van der Waals surface area contributed by atoms with Crippen LogP contribution in [0.5, 0.6) is 11.5 Å². The van der Waals surface area contributed by atoms with Crippen LogP contribution in [0, 0.1) is 3.57 Å². The molecule has 0 heterocycles. The highest BCUT2D eigenvalue weighted by molar-refractivity contribution is 14.1. The van der Waals surface area contributed by atoms with Crippen LogP contribution in [-0.4, -0.2) is 37.7 Å². The number of carbonyl (C=O) groups excluding carboxylic acids is 1. The van der Waals surface area contributed by atoms with E-state index in [1.807, 2.05) is 0 Å². The molecule has 1 rings (SSSR count). The van der Waals surface area contributed by atoms with Crippen molar-refractivity contribution in [1.29, 1.82) is 0 Å². The van der Waals surface area contributed by atoms with E-state index in [9.17, 15) is 4.79 Å². The first-order valence-electron chi connectivity index (χ1n) is 5.28. The molecule has 0 saturated carbocycles. The number of aliphatic hydroxyl groups is 1. The summed E-state index contributed by atoms with van der Waals surface area (Å²) >= 11 is 2.08. The van der Waals surface area contributed by atoms with E-state index in [-0.39, 0.29) is 13.2 Å². The molecular formula is C11H14IN3O4. The summed E-state index contributed by atoms with van der Waals surface area (Å²) in [6, 6.07) is 2.75. The number of hydrogen-bond acceptors (Lipinski definition) is 5.